The lowest BCUT2D eigenvalue weighted by Crippen LogP contribution is -2.44. The molecule has 1 saturated heterocycles. The van der Waals surface area contributed by atoms with Gasteiger partial charge >= 0.3 is 0 Å². The first kappa shape index (κ1) is 29.5. The van der Waals surface area contributed by atoms with E-state index in [0.29, 0.717) is 36.8 Å². The molecule has 46 heavy (non-hydrogen) atoms. The Morgan fingerprint density at radius 2 is 1.74 bits per heavy atom. The van der Waals surface area contributed by atoms with E-state index in [4.69, 9.17) is 9.72 Å². The lowest BCUT2D eigenvalue weighted by Gasteiger charge is -2.30. The van der Waals surface area contributed by atoms with Crippen LogP contribution in [0.5, 0.6) is 5.75 Å². The Morgan fingerprint density at radius 3 is 2.57 bits per heavy atom. The first-order valence-electron chi connectivity index (χ1n) is 15.6. The quantitative estimate of drug-likeness (QED) is 0.261. The van der Waals surface area contributed by atoms with Gasteiger partial charge in [0, 0.05) is 61.6 Å². The number of hydrogen-bond donors (Lipinski definition) is 0. The van der Waals surface area contributed by atoms with Crippen molar-refractivity contribution in [1.82, 2.24) is 34.6 Å². The molecule has 0 atom stereocenters. The lowest BCUT2D eigenvalue weighted by atomic mass is 10.0. The van der Waals surface area contributed by atoms with E-state index in [-0.39, 0.29) is 5.91 Å². The van der Waals surface area contributed by atoms with Crippen molar-refractivity contribution in [3.05, 3.63) is 113 Å². The third-order valence-corrected chi connectivity index (χ3v) is 8.54. The summed E-state index contributed by atoms with van der Waals surface area (Å²) in [6, 6.07) is 21.4. The number of amides is 1. The molecule has 0 saturated carbocycles. The van der Waals surface area contributed by atoms with Crippen LogP contribution in [0.15, 0.2) is 85.3 Å². The second kappa shape index (κ2) is 13.4. The van der Waals surface area contributed by atoms with E-state index in [9.17, 15) is 4.79 Å². The molecule has 9 heteroatoms. The fourth-order valence-electron chi connectivity index (χ4n) is 5.69. The topological polar surface area (TPSA) is 87.6 Å². The minimum Gasteiger partial charge on any atom is -0.487 e. The summed E-state index contributed by atoms with van der Waals surface area (Å²) in [5, 5.41) is 1.04. The average molecular weight is 610 g/mol. The summed E-state index contributed by atoms with van der Waals surface area (Å²) in [6.45, 7) is 6.48. The van der Waals surface area contributed by atoms with Crippen molar-refractivity contribution in [2.45, 2.75) is 19.6 Å². The van der Waals surface area contributed by atoms with Crippen molar-refractivity contribution in [3.8, 4) is 29.0 Å². The summed E-state index contributed by atoms with van der Waals surface area (Å²) < 4.78 is 5.95. The average Bonchev–Trinajstić information content (AvgIpc) is 3.11. The standard InChI is InChI=1S/C37H35N7O2/c1-42-17-19-43(20-18-42)15-4-6-32-12-13-33(24-38-32)46-26-27-8-10-28(11-9-27)37(45)44-16-14-30-22-40-36(41-35(30)25-44)31-21-29-5-2-3-7-34(29)39-23-31/h2-3,5,7-13,21-24H,14-20,25-26H2,1H3. The molecular weight excluding hydrogens is 574 g/mol. The molecule has 5 aromatic rings. The number of hydrogen-bond acceptors (Lipinski definition) is 8. The Kier molecular flexibility index (Phi) is 8.63. The number of likely N-dealkylation sites (N-methyl/N-ethyl adjacent to an activating group) is 1. The predicted molar refractivity (Wildman–Crippen MR) is 177 cm³/mol. The highest BCUT2D eigenvalue weighted by Gasteiger charge is 2.24. The molecule has 2 aromatic carbocycles. The van der Waals surface area contributed by atoms with Gasteiger partial charge in [-0.05, 0) is 66.9 Å². The van der Waals surface area contributed by atoms with Crippen molar-refractivity contribution in [3.63, 3.8) is 0 Å². The summed E-state index contributed by atoms with van der Waals surface area (Å²) >= 11 is 0. The zero-order valence-corrected chi connectivity index (χ0v) is 25.9. The highest BCUT2D eigenvalue weighted by molar-refractivity contribution is 5.94. The number of carbonyl (C=O) groups is 1. The first-order valence-corrected chi connectivity index (χ1v) is 15.6. The fourth-order valence-corrected chi connectivity index (χ4v) is 5.69. The van der Waals surface area contributed by atoms with Gasteiger partial charge in [-0.15, -0.1) is 0 Å². The highest BCUT2D eigenvalue weighted by Crippen LogP contribution is 2.24. The highest BCUT2D eigenvalue weighted by atomic mass is 16.5. The fraction of sp³-hybridized carbons (Fsp3) is 0.270. The molecule has 0 radical (unpaired) electrons. The molecule has 2 aliphatic heterocycles. The number of aromatic nitrogens is 4. The van der Waals surface area contributed by atoms with Gasteiger partial charge in [-0.3, -0.25) is 14.7 Å². The van der Waals surface area contributed by atoms with Crippen molar-refractivity contribution in [2.24, 2.45) is 0 Å². The van der Waals surface area contributed by atoms with Crippen LogP contribution in [0, 0.1) is 11.8 Å². The molecule has 0 bridgehead atoms. The number of para-hydroxylation sites is 1. The van der Waals surface area contributed by atoms with Crippen LogP contribution in [0.25, 0.3) is 22.3 Å². The maximum atomic E-state index is 13.4. The number of rotatable bonds is 6. The van der Waals surface area contributed by atoms with E-state index in [1.165, 1.54) is 0 Å². The van der Waals surface area contributed by atoms with Gasteiger partial charge in [-0.25, -0.2) is 15.0 Å². The number of nitrogens with zero attached hydrogens (tertiary/aromatic N) is 7. The largest absolute Gasteiger partial charge is 0.487 e. The molecule has 1 amide bonds. The zero-order chi connectivity index (χ0) is 31.3. The monoisotopic (exact) mass is 609 g/mol. The Bertz CT molecular complexity index is 1910. The van der Waals surface area contributed by atoms with Gasteiger partial charge in [-0.1, -0.05) is 36.3 Å². The van der Waals surface area contributed by atoms with Crippen molar-refractivity contribution < 1.29 is 9.53 Å². The van der Waals surface area contributed by atoms with E-state index in [0.717, 1.165) is 78.1 Å². The molecule has 0 N–H and O–H groups in total. The lowest BCUT2D eigenvalue weighted by molar-refractivity contribution is 0.0731. The van der Waals surface area contributed by atoms with E-state index in [1.54, 1.807) is 12.4 Å². The maximum Gasteiger partial charge on any atom is 0.254 e. The normalized spacial score (nSPS) is 15.2. The van der Waals surface area contributed by atoms with Crippen LogP contribution < -0.4 is 4.74 Å². The molecule has 3 aromatic heterocycles. The zero-order valence-electron chi connectivity index (χ0n) is 25.9. The number of pyridine rings is 2. The Labute approximate surface area is 268 Å². The number of ether oxygens (including phenoxy) is 1. The van der Waals surface area contributed by atoms with Gasteiger partial charge in [0.25, 0.3) is 5.91 Å². The minimum atomic E-state index is -0.0147. The molecule has 0 spiro atoms. The van der Waals surface area contributed by atoms with Crippen molar-refractivity contribution in [1.29, 1.82) is 0 Å². The van der Waals surface area contributed by atoms with Crippen LogP contribution in [-0.2, 0) is 19.6 Å². The molecule has 230 valence electrons. The van der Waals surface area contributed by atoms with Gasteiger partial charge in [0.2, 0.25) is 0 Å². The van der Waals surface area contributed by atoms with Crippen LogP contribution in [0.2, 0.25) is 0 Å². The Morgan fingerprint density at radius 1 is 0.891 bits per heavy atom. The van der Waals surface area contributed by atoms with E-state index in [2.05, 4.69) is 49.7 Å². The SMILES string of the molecule is CN1CCN(CC#Cc2ccc(OCc3ccc(C(=O)N4CCc5cnc(-c6cnc7ccccc7c6)nc5C4)cc3)cn2)CC1. The van der Waals surface area contributed by atoms with Gasteiger partial charge in [0.1, 0.15) is 18.1 Å². The van der Waals surface area contributed by atoms with E-state index in [1.807, 2.05) is 71.8 Å². The van der Waals surface area contributed by atoms with Crippen molar-refractivity contribution >= 4 is 16.8 Å². The minimum absolute atomic E-state index is 0.0147. The van der Waals surface area contributed by atoms with Gasteiger partial charge in [-0.2, -0.15) is 0 Å². The molecule has 5 heterocycles. The van der Waals surface area contributed by atoms with E-state index >= 15 is 0 Å². The van der Waals surface area contributed by atoms with Crippen LogP contribution >= 0.6 is 0 Å². The second-order valence-electron chi connectivity index (χ2n) is 11.8. The number of fused-ring (bicyclic) bond motifs is 2. The van der Waals surface area contributed by atoms with Crippen LogP contribution in [0.4, 0.5) is 0 Å². The van der Waals surface area contributed by atoms with Gasteiger partial charge in [0.05, 0.1) is 30.5 Å². The third-order valence-electron chi connectivity index (χ3n) is 8.54. The molecule has 0 unspecified atom stereocenters. The van der Waals surface area contributed by atoms with Gasteiger partial charge in [0.15, 0.2) is 5.82 Å². The maximum absolute atomic E-state index is 13.4. The summed E-state index contributed by atoms with van der Waals surface area (Å²) in [4.78, 5) is 38.4. The molecule has 1 fully saturated rings. The third kappa shape index (κ3) is 6.89. The molecule has 2 aliphatic rings. The second-order valence-corrected chi connectivity index (χ2v) is 11.8. The van der Waals surface area contributed by atoms with Crippen LogP contribution in [-0.4, -0.2) is 86.9 Å². The predicted octanol–water partition coefficient (Wildman–Crippen LogP) is 4.46. The molecule has 0 aliphatic carbocycles. The first-order chi connectivity index (χ1) is 22.6. The molecular formula is C37H35N7O2. The van der Waals surface area contributed by atoms with E-state index < -0.39 is 0 Å². The molecule has 7 rings (SSSR count). The Hall–Kier alpha value is -5.17. The van der Waals surface area contributed by atoms with Crippen LogP contribution in [0.3, 0.4) is 0 Å². The summed E-state index contributed by atoms with van der Waals surface area (Å²) in [5.74, 6) is 7.67. The summed E-state index contributed by atoms with van der Waals surface area (Å²) in [7, 11) is 2.15. The Balaban J connectivity index is 0.931. The van der Waals surface area contributed by atoms with Gasteiger partial charge < -0.3 is 14.5 Å². The number of benzene rings is 2. The molecule has 9 nitrogen and oxygen atoms in total. The summed E-state index contributed by atoms with van der Waals surface area (Å²) in [6.07, 6.45) is 6.11. The van der Waals surface area contributed by atoms with Crippen LogP contribution in [0.1, 0.15) is 32.9 Å². The smallest absolute Gasteiger partial charge is 0.254 e. The number of piperazine rings is 1. The van der Waals surface area contributed by atoms with Crippen molar-refractivity contribution in [2.75, 3.05) is 46.3 Å². The summed E-state index contributed by atoms with van der Waals surface area (Å²) in [5.41, 5.74) is 6.09. The number of carbonyl (C=O) groups excluding carboxylic acids is 1.